The van der Waals surface area contributed by atoms with Gasteiger partial charge in [0.15, 0.2) is 0 Å². The number of nitrogens with zero attached hydrogens (tertiary/aromatic N) is 1. The number of ether oxygens (including phenoxy) is 2. The van der Waals surface area contributed by atoms with Crippen LogP contribution in [0.2, 0.25) is 0 Å². The van der Waals surface area contributed by atoms with Gasteiger partial charge in [0.25, 0.3) is 0 Å². The molecule has 0 bridgehead atoms. The van der Waals surface area contributed by atoms with Gasteiger partial charge < -0.3 is 14.4 Å². The molecule has 0 aliphatic rings. The van der Waals surface area contributed by atoms with Gasteiger partial charge in [-0.05, 0) is 62.6 Å². The Kier molecular flexibility index (Phi) is 10.1. The highest BCUT2D eigenvalue weighted by Crippen LogP contribution is 2.05. The van der Waals surface area contributed by atoms with E-state index in [4.69, 9.17) is 9.47 Å². The van der Waals surface area contributed by atoms with Gasteiger partial charge in [0.2, 0.25) is 0 Å². The summed E-state index contributed by atoms with van der Waals surface area (Å²) in [5.41, 5.74) is 0.0603. The molecule has 3 heteroatoms. The van der Waals surface area contributed by atoms with Crippen molar-refractivity contribution < 1.29 is 9.47 Å². The third-order valence-electron chi connectivity index (χ3n) is 1.65. The Balaban J connectivity index is 0. The monoisotopic (exact) mass is 247 g/mol. The van der Waals surface area contributed by atoms with E-state index in [1.165, 1.54) is 0 Å². The molecule has 0 aliphatic heterocycles. The number of hydrogen-bond donors (Lipinski definition) is 0. The largest absolute Gasteiger partial charge is 0.376 e. The fraction of sp³-hybridized carbons (Fsp3) is 1.00. The Morgan fingerprint density at radius 2 is 1.24 bits per heavy atom. The van der Waals surface area contributed by atoms with Crippen molar-refractivity contribution in [2.45, 2.75) is 59.7 Å². The van der Waals surface area contributed by atoms with Gasteiger partial charge in [-0.1, -0.05) is 0 Å². The van der Waals surface area contributed by atoms with Crippen LogP contribution in [0.3, 0.4) is 0 Å². The van der Waals surface area contributed by atoms with Crippen LogP contribution in [-0.4, -0.2) is 50.0 Å². The van der Waals surface area contributed by atoms with Crippen molar-refractivity contribution in [2.75, 3.05) is 33.9 Å². The lowest BCUT2D eigenvalue weighted by atomic mass is 10.2. The number of hydrogen-bond acceptors (Lipinski definition) is 3. The first kappa shape index (κ1) is 19.2. The van der Waals surface area contributed by atoms with Crippen LogP contribution in [0.1, 0.15) is 48.5 Å². The Morgan fingerprint density at radius 1 is 0.824 bits per heavy atom. The first-order chi connectivity index (χ1) is 7.48. The van der Waals surface area contributed by atoms with Gasteiger partial charge in [-0.2, -0.15) is 0 Å². The smallest absolute Gasteiger partial charge is 0.0600 e. The van der Waals surface area contributed by atoms with Gasteiger partial charge in [0.1, 0.15) is 0 Å². The molecular formula is C14H33NO2. The van der Waals surface area contributed by atoms with Crippen molar-refractivity contribution in [1.82, 2.24) is 4.90 Å². The van der Waals surface area contributed by atoms with Gasteiger partial charge in [-0.3, -0.25) is 0 Å². The molecule has 0 fully saturated rings. The van der Waals surface area contributed by atoms with Crippen LogP contribution in [0.15, 0.2) is 0 Å². The van der Waals surface area contributed by atoms with E-state index in [1.54, 1.807) is 0 Å². The van der Waals surface area contributed by atoms with Gasteiger partial charge >= 0.3 is 0 Å². The molecule has 0 spiro atoms. The quantitative estimate of drug-likeness (QED) is 0.761. The first-order valence-corrected chi connectivity index (χ1v) is 6.40. The minimum absolute atomic E-state index is 0.00993. The molecule has 0 saturated carbocycles. The molecular weight excluding hydrogens is 214 g/mol. The average Bonchev–Trinajstić information content (AvgIpc) is 1.98. The lowest BCUT2D eigenvalue weighted by Crippen LogP contribution is -2.25. The Labute approximate surface area is 108 Å². The molecule has 0 radical (unpaired) electrons. The second kappa shape index (κ2) is 8.90. The van der Waals surface area contributed by atoms with E-state index >= 15 is 0 Å². The van der Waals surface area contributed by atoms with Crippen molar-refractivity contribution in [2.24, 2.45) is 0 Å². The Hall–Kier alpha value is -0.120. The summed E-state index contributed by atoms with van der Waals surface area (Å²) in [7, 11) is 4.10. The van der Waals surface area contributed by atoms with Crippen molar-refractivity contribution >= 4 is 0 Å². The van der Waals surface area contributed by atoms with Crippen LogP contribution in [-0.2, 0) is 9.47 Å². The van der Waals surface area contributed by atoms with E-state index in [0.29, 0.717) is 0 Å². The van der Waals surface area contributed by atoms with Crippen LogP contribution in [0.25, 0.3) is 0 Å². The SMILES string of the molecule is CCOC(C)(C)C.CN(C)CCOC(C)(C)C. The zero-order chi connectivity index (χ0) is 14.1. The summed E-state index contributed by atoms with van der Waals surface area (Å²) in [5, 5.41) is 0. The first-order valence-electron chi connectivity index (χ1n) is 6.40. The Bertz CT molecular complexity index is 166. The summed E-state index contributed by atoms with van der Waals surface area (Å²) in [5.74, 6) is 0. The molecule has 0 atom stereocenters. The van der Waals surface area contributed by atoms with Crippen LogP contribution < -0.4 is 0 Å². The zero-order valence-electron chi connectivity index (χ0n) is 13.4. The van der Waals surface area contributed by atoms with E-state index in [1.807, 2.05) is 21.0 Å². The van der Waals surface area contributed by atoms with Crippen molar-refractivity contribution in [3.8, 4) is 0 Å². The molecule has 0 aromatic heterocycles. The summed E-state index contributed by atoms with van der Waals surface area (Å²) >= 11 is 0. The molecule has 17 heavy (non-hydrogen) atoms. The molecule has 0 N–H and O–H groups in total. The predicted molar refractivity (Wildman–Crippen MR) is 75.6 cm³/mol. The van der Waals surface area contributed by atoms with Crippen LogP contribution in [0, 0.1) is 0 Å². The highest BCUT2D eigenvalue weighted by molar-refractivity contribution is 4.58. The van der Waals surface area contributed by atoms with Gasteiger partial charge in [0, 0.05) is 13.2 Å². The van der Waals surface area contributed by atoms with E-state index in [9.17, 15) is 0 Å². The summed E-state index contributed by atoms with van der Waals surface area (Å²) < 4.78 is 10.7. The van der Waals surface area contributed by atoms with Crippen molar-refractivity contribution in [3.05, 3.63) is 0 Å². The second-order valence-corrected chi connectivity index (χ2v) is 6.31. The summed E-state index contributed by atoms with van der Waals surface area (Å²) in [6, 6.07) is 0. The molecule has 0 aromatic carbocycles. The maximum Gasteiger partial charge on any atom is 0.0600 e. The molecule has 0 saturated heterocycles. The van der Waals surface area contributed by atoms with Crippen molar-refractivity contribution in [3.63, 3.8) is 0 Å². The maximum absolute atomic E-state index is 5.50. The van der Waals surface area contributed by atoms with E-state index in [0.717, 1.165) is 19.8 Å². The predicted octanol–water partition coefficient (Wildman–Crippen LogP) is 3.18. The molecule has 0 unspecified atom stereocenters. The number of likely N-dealkylation sites (N-methyl/N-ethyl adjacent to an activating group) is 1. The van der Waals surface area contributed by atoms with Gasteiger partial charge in [0.05, 0.1) is 17.8 Å². The lowest BCUT2D eigenvalue weighted by Gasteiger charge is -2.20. The molecule has 3 nitrogen and oxygen atoms in total. The molecule has 0 aromatic rings. The van der Waals surface area contributed by atoms with E-state index in [2.05, 4.69) is 46.4 Å². The lowest BCUT2D eigenvalue weighted by molar-refractivity contribution is -0.00872. The van der Waals surface area contributed by atoms with Crippen LogP contribution in [0.5, 0.6) is 0 Å². The molecule has 0 rings (SSSR count). The van der Waals surface area contributed by atoms with Crippen LogP contribution in [0.4, 0.5) is 0 Å². The highest BCUT2D eigenvalue weighted by Gasteiger charge is 2.08. The van der Waals surface area contributed by atoms with E-state index < -0.39 is 0 Å². The van der Waals surface area contributed by atoms with Gasteiger partial charge in [-0.15, -0.1) is 0 Å². The minimum Gasteiger partial charge on any atom is -0.376 e. The molecule has 0 aliphatic carbocycles. The molecule has 0 heterocycles. The third-order valence-corrected chi connectivity index (χ3v) is 1.65. The zero-order valence-corrected chi connectivity index (χ0v) is 13.4. The average molecular weight is 247 g/mol. The fourth-order valence-corrected chi connectivity index (χ4v) is 0.967. The normalized spacial score (nSPS) is 12.4. The summed E-state index contributed by atoms with van der Waals surface area (Å²) in [4.78, 5) is 2.12. The third kappa shape index (κ3) is 25.8. The standard InChI is InChI=1S/C8H19NO.C6H14O/c1-8(2,3)10-7-6-9(4)5;1-5-7-6(2,3)4/h6-7H2,1-5H3;5H2,1-4H3. The van der Waals surface area contributed by atoms with E-state index in [-0.39, 0.29) is 11.2 Å². The second-order valence-electron chi connectivity index (χ2n) is 6.31. The number of rotatable bonds is 4. The highest BCUT2D eigenvalue weighted by atomic mass is 16.5. The fourth-order valence-electron chi connectivity index (χ4n) is 0.967. The maximum atomic E-state index is 5.50. The summed E-state index contributed by atoms with van der Waals surface area (Å²) in [6.45, 7) is 17.0. The summed E-state index contributed by atoms with van der Waals surface area (Å²) in [6.07, 6.45) is 0. The minimum atomic E-state index is 0.00993. The van der Waals surface area contributed by atoms with Crippen molar-refractivity contribution in [1.29, 1.82) is 0 Å². The molecule has 106 valence electrons. The van der Waals surface area contributed by atoms with Gasteiger partial charge in [-0.25, -0.2) is 0 Å². The Morgan fingerprint density at radius 3 is 1.41 bits per heavy atom. The van der Waals surface area contributed by atoms with Crippen LogP contribution >= 0.6 is 0 Å². The molecule has 0 amide bonds. The topological polar surface area (TPSA) is 21.7 Å².